The van der Waals surface area contributed by atoms with E-state index in [0.717, 1.165) is 0 Å². The lowest BCUT2D eigenvalue weighted by Gasteiger charge is -2.09. The lowest BCUT2D eigenvalue weighted by molar-refractivity contribution is -0.175. The molecule has 1 fully saturated rings. The van der Waals surface area contributed by atoms with E-state index in [2.05, 4.69) is 4.84 Å². The Morgan fingerprint density at radius 1 is 1.56 bits per heavy atom. The molecule has 2 rings (SSSR count). The van der Waals surface area contributed by atoms with E-state index in [-0.39, 0.29) is 11.5 Å². The number of amides is 2. The van der Waals surface area contributed by atoms with Crippen LogP contribution in [0.2, 0.25) is 0 Å². The van der Waals surface area contributed by atoms with Crippen molar-refractivity contribution in [2.75, 3.05) is 0 Å². The molecule has 0 aromatic carbocycles. The average molecular weight is 225 g/mol. The molecule has 1 aromatic rings. The van der Waals surface area contributed by atoms with Crippen LogP contribution in [0.25, 0.3) is 0 Å². The van der Waals surface area contributed by atoms with Crippen molar-refractivity contribution in [2.45, 2.75) is 12.3 Å². The van der Waals surface area contributed by atoms with Crippen LogP contribution in [0.5, 0.6) is 0 Å². The van der Waals surface area contributed by atoms with Crippen LogP contribution in [0, 0.1) is 0 Å². The second-order valence-corrected chi connectivity index (χ2v) is 3.16. The molecular formula is C9H7NO6. The Morgan fingerprint density at radius 3 is 2.88 bits per heavy atom. The third kappa shape index (κ3) is 1.62. The molecule has 1 aliphatic heterocycles. The summed E-state index contributed by atoms with van der Waals surface area (Å²) in [6.45, 7) is 0. The third-order valence-electron chi connectivity index (χ3n) is 2.16. The minimum atomic E-state index is -1.71. The molecule has 1 atom stereocenters. The summed E-state index contributed by atoms with van der Waals surface area (Å²) < 4.78 is 4.99. The van der Waals surface area contributed by atoms with Crippen LogP contribution in [-0.2, 0) is 14.4 Å². The Balaban J connectivity index is 2.19. The first kappa shape index (κ1) is 10.2. The van der Waals surface area contributed by atoms with Crippen molar-refractivity contribution in [3.63, 3.8) is 0 Å². The number of furan rings is 1. The predicted octanol–water partition coefficient (Wildman–Crippen LogP) is 0.732. The predicted molar refractivity (Wildman–Crippen MR) is 47.0 cm³/mol. The Kier molecular flexibility index (Phi) is 2.35. The molecule has 0 aliphatic carbocycles. The standard InChI is InChI=1S/C9H7NO6/c11-7-4-5(6-2-1-3-15-6)8(12)10(7)16-9(13)14/h1-3,5H,4H2,(H,13,14). The quantitative estimate of drug-likeness (QED) is 0.745. The number of imide groups is 1. The number of hydrogen-bond donors (Lipinski definition) is 1. The van der Waals surface area contributed by atoms with Gasteiger partial charge in [0.25, 0.3) is 11.8 Å². The van der Waals surface area contributed by atoms with Gasteiger partial charge in [0.1, 0.15) is 11.7 Å². The normalized spacial score (nSPS) is 20.2. The topological polar surface area (TPSA) is 97.1 Å². The summed E-state index contributed by atoms with van der Waals surface area (Å²) in [4.78, 5) is 37.2. The van der Waals surface area contributed by atoms with Gasteiger partial charge < -0.3 is 9.52 Å². The molecule has 0 saturated carbocycles. The van der Waals surface area contributed by atoms with Gasteiger partial charge >= 0.3 is 6.16 Å². The molecule has 7 heteroatoms. The smallest absolute Gasteiger partial charge is 0.469 e. The molecular weight excluding hydrogens is 218 g/mol. The first-order valence-electron chi connectivity index (χ1n) is 4.40. The molecule has 84 valence electrons. The molecule has 2 heterocycles. The molecule has 0 radical (unpaired) electrons. The highest BCUT2D eigenvalue weighted by atomic mass is 16.8. The average Bonchev–Trinajstić information content (AvgIpc) is 2.80. The molecule has 1 aliphatic rings. The van der Waals surface area contributed by atoms with E-state index in [1.165, 1.54) is 6.26 Å². The number of carboxylic acid groups (broad SMARTS) is 1. The largest absolute Gasteiger partial charge is 0.531 e. The van der Waals surface area contributed by atoms with Gasteiger partial charge in [-0.25, -0.2) is 4.79 Å². The fraction of sp³-hybridized carbons (Fsp3) is 0.222. The highest BCUT2D eigenvalue weighted by Gasteiger charge is 2.43. The zero-order valence-corrected chi connectivity index (χ0v) is 7.95. The van der Waals surface area contributed by atoms with Crippen LogP contribution in [0.3, 0.4) is 0 Å². The number of hydroxylamine groups is 2. The minimum absolute atomic E-state index is 0.153. The molecule has 1 N–H and O–H groups in total. The lowest BCUT2D eigenvalue weighted by Crippen LogP contribution is -2.32. The van der Waals surface area contributed by atoms with Crippen molar-refractivity contribution in [1.82, 2.24) is 5.06 Å². The van der Waals surface area contributed by atoms with Crippen LogP contribution >= 0.6 is 0 Å². The van der Waals surface area contributed by atoms with E-state index in [9.17, 15) is 14.4 Å². The number of carbonyl (C=O) groups excluding carboxylic acids is 2. The summed E-state index contributed by atoms with van der Waals surface area (Å²) in [6, 6.07) is 3.12. The number of nitrogens with zero attached hydrogens (tertiary/aromatic N) is 1. The van der Waals surface area contributed by atoms with Gasteiger partial charge in [-0.2, -0.15) is 0 Å². The number of carbonyl (C=O) groups is 3. The molecule has 1 saturated heterocycles. The third-order valence-corrected chi connectivity index (χ3v) is 2.16. The molecule has 7 nitrogen and oxygen atoms in total. The van der Waals surface area contributed by atoms with Gasteiger partial charge in [0.2, 0.25) is 0 Å². The zero-order chi connectivity index (χ0) is 11.7. The fourth-order valence-corrected chi connectivity index (χ4v) is 1.50. The summed E-state index contributed by atoms with van der Waals surface area (Å²) in [6.07, 6.45) is -0.491. The second kappa shape index (κ2) is 3.69. The monoisotopic (exact) mass is 225 g/mol. The van der Waals surface area contributed by atoms with Gasteiger partial charge in [0.15, 0.2) is 0 Å². The van der Waals surface area contributed by atoms with Gasteiger partial charge in [-0.15, -0.1) is 0 Å². The van der Waals surface area contributed by atoms with Crippen molar-refractivity contribution in [1.29, 1.82) is 0 Å². The van der Waals surface area contributed by atoms with Gasteiger partial charge in [-0.3, -0.25) is 14.4 Å². The van der Waals surface area contributed by atoms with Crippen LogP contribution in [0.15, 0.2) is 22.8 Å². The molecule has 16 heavy (non-hydrogen) atoms. The van der Waals surface area contributed by atoms with Crippen molar-refractivity contribution >= 4 is 18.0 Å². The summed E-state index contributed by atoms with van der Waals surface area (Å²) in [5, 5.41) is 8.58. The van der Waals surface area contributed by atoms with Crippen LogP contribution in [-0.4, -0.2) is 28.1 Å². The van der Waals surface area contributed by atoms with E-state index < -0.39 is 23.9 Å². The van der Waals surface area contributed by atoms with E-state index in [4.69, 9.17) is 9.52 Å². The Labute approximate surface area is 89.2 Å². The Bertz CT molecular complexity index is 437. The Hall–Kier alpha value is -2.31. The highest BCUT2D eigenvalue weighted by molar-refractivity contribution is 6.05. The summed E-state index contributed by atoms with van der Waals surface area (Å²) >= 11 is 0. The first-order valence-corrected chi connectivity index (χ1v) is 4.40. The van der Waals surface area contributed by atoms with Crippen molar-refractivity contribution in [3.05, 3.63) is 24.2 Å². The van der Waals surface area contributed by atoms with E-state index in [1.54, 1.807) is 12.1 Å². The second-order valence-electron chi connectivity index (χ2n) is 3.16. The highest BCUT2D eigenvalue weighted by Crippen LogP contribution is 2.29. The van der Waals surface area contributed by atoms with Gasteiger partial charge in [-0.05, 0) is 12.1 Å². The van der Waals surface area contributed by atoms with Gasteiger partial charge in [-0.1, -0.05) is 5.06 Å². The van der Waals surface area contributed by atoms with Crippen molar-refractivity contribution < 1.29 is 28.7 Å². The zero-order valence-electron chi connectivity index (χ0n) is 7.95. The molecule has 0 bridgehead atoms. The van der Waals surface area contributed by atoms with Crippen LogP contribution < -0.4 is 0 Å². The maximum Gasteiger partial charge on any atom is 0.531 e. The molecule has 1 unspecified atom stereocenters. The molecule has 1 aromatic heterocycles. The summed E-state index contributed by atoms with van der Waals surface area (Å²) in [5.74, 6) is -1.92. The minimum Gasteiger partial charge on any atom is -0.469 e. The summed E-state index contributed by atoms with van der Waals surface area (Å²) in [7, 11) is 0. The van der Waals surface area contributed by atoms with Crippen LogP contribution in [0.1, 0.15) is 18.1 Å². The van der Waals surface area contributed by atoms with E-state index in [0.29, 0.717) is 5.76 Å². The number of rotatable bonds is 2. The van der Waals surface area contributed by atoms with Crippen LogP contribution in [0.4, 0.5) is 4.79 Å². The van der Waals surface area contributed by atoms with Gasteiger partial charge in [0.05, 0.1) is 6.26 Å². The number of hydrogen-bond acceptors (Lipinski definition) is 5. The first-order chi connectivity index (χ1) is 7.59. The lowest BCUT2D eigenvalue weighted by atomic mass is 10.1. The molecule has 0 spiro atoms. The fourth-order valence-electron chi connectivity index (χ4n) is 1.50. The van der Waals surface area contributed by atoms with Gasteiger partial charge in [0, 0.05) is 6.42 Å². The summed E-state index contributed by atoms with van der Waals surface area (Å²) in [5.41, 5.74) is 0. The van der Waals surface area contributed by atoms with Crippen molar-refractivity contribution in [2.24, 2.45) is 0 Å². The Morgan fingerprint density at radius 2 is 2.31 bits per heavy atom. The van der Waals surface area contributed by atoms with Crippen molar-refractivity contribution in [3.8, 4) is 0 Å². The molecule has 2 amide bonds. The van der Waals surface area contributed by atoms with E-state index >= 15 is 0 Å². The maximum absolute atomic E-state index is 11.6. The SMILES string of the molecule is O=C(O)ON1C(=O)CC(c2ccco2)C1=O. The maximum atomic E-state index is 11.6. The van der Waals surface area contributed by atoms with E-state index in [1.807, 2.05) is 0 Å².